The van der Waals surface area contributed by atoms with E-state index in [9.17, 15) is 4.79 Å². The van der Waals surface area contributed by atoms with E-state index in [4.69, 9.17) is 0 Å². The van der Waals surface area contributed by atoms with Gasteiger partial charge in [0, 0.05) is 25.5 Å². The molecule has 0 aliphatic heterocycles. The zero-order chi connectivity index (χ0) is 8.43. The lowest BCUT2D eigenvalue weighted by Crippen LogP contribution is -2.24. The lowest BCUT2D eigenvalue weighted by Gasteiger charge is -2.07. The summed E-state index contributed by atoms with van der Waals surface area (Å²) >= 11 is 0. The molecule has 0 saturated heterocycles. The van der Waals surface area contributed by atoms with E-state index in [1.165, 1.54) is 0 Å². The Hall–Kier alpha value is -0.990. The van der Waals surface area contributed by atoms with Crippen molar-refractivity contribution in [2.75, 3.05) is 0 Å². The van der Waals surface area contributed by atoms with E-state index in [1.54, 1.807) is 22.4 Å². The molecule has 62 valence electrons. The first-order chi connectivity index (χ1) is 5.16. The average molecular weight is 154 g/mol. The van der Waals surface area contributed by atoms with Crippen LogP contribution < -0.4 is 5.69 Å². The molecule has 1 heterocycles. The molecule has 0 saturated carbocycles. The minimum atomic E-state index is 0.0688. The van der Waals surface area contributed by atoms with Gasteiger partial charge >= 0.3 is 5.69 Å². The van der Waals surface area contributed by atoms with Gasteiger partial charge in [-0.15, -0.1) is 0 Å². The molecule has 0 spiro atoms. The highest BCUT2D eigenvalue weighted by Gasteiger charge is 2.04. The van der Waals surface area contributed by atoms with E-state index < -0.39 is 0 Å². The molecule has 0 N–H and O–H groups in total. The molecular weight excluding hydrogens is 140 g/mol. The molecule has 3 nitrogen and oxygen atoms in total. The van der Waals surface area contributed by atoms with E-state index in [2.05, 4.69) is 6.92 Å². The van der Waals surface area contributed by atoms with Crippen molar-refractivity contribution in [3.63, 3.8) is 0 Å². The Labute approximate surface area is 66.3 Å². The van der Waals surface area contributed by atoms with Crippen molar-refractivity contribution in [3.05, 3.63) is 22.9 Å². The van der Waals surface area contributed by atoms with Crippen molar-refractivity contribution >= 4 is 0 Å². The number of aryl methyl sites for hydroxylation is 1. The van der Waals surface area contributed by atoms with Crippen molar-refractivity contribution in [2.45, 2.75) is 26.3 Å². The lowest BCUT2D eigenvalue weighted by molar-refractivity contribution is 0.508. The molecule has 0 aromatic carbocycles. The zero-order valence-corrected chi connectivity index (χ0v) is 7.24. The van der Waals surface area contributed by atoms with Gasteiger partial charge in [0.05, 0.1) is 0 Å². The van der Waals surface area contributed by atoms with Crippen molar-refractivity contribution < 1.29 is 0 Å². The van der Waals surface area contributed by atoms with E-state index in [1.807, 2.05) is 13.1 Å². The van der Waals surface area contributed by atoms with Gasteiger partial charge in [0.25, 0.3) is 0 Å². The van der Waals surface area contributed by atoms with Gasteiger partial charge in [-0.1, -0.05) is 6.92 Å². The number of rotatable bonds is 2. The van der Waals surface area contributed by atoms with E-state index in [0.717, 1.165) is 6.42 Å². The van der Waals surface area contributed by atoms with E-state index >= 15 is 0 Å². The molecule has 0 aliphatic rings. The second-order valence-electron chi connectivity index (χ2n) is 2.86. The highest BCUT2D eigenvalue weighted by molar-refractivity contribution is 4.82. The third-order valence-electron chi connectivity index (χ3n) is 2.04. The van der Waals surface area contributed by atoms with Crippen LogP contribution in [0.1, 0.15) is 26.3 Å². The highest BCUT2D eigenvalue weighted by Crippen LogP contribution is 2.05. The summed E-state index contributed by atoms with van der Waals surface area (Å²) < 4.78 is 3.34. The number of hydrogen-bond acceptors (Lipinski definition) is 1. The molecule has 0 aliphatic carbocycles. The van der Waals surface area contributed by atoms with Crippen LogP contribution in [0.2, 0.25) is 0 Å². The summed E-state index contributed by atoms with van der Waals surface area (Å²) in [4.78, 5) is 11.3. The van der Waals surface area contributed by atoms with Crippen molar-refractivity contribution in [2.24, 2.45) is 7.05 Å². The van der Waals surface area contributed by atoms with E-state index in [-0.39, 0.29) is 5.69 Å². The fourth-order valence-corrected chi connectivity index (χ4v) is 1.01. The first-order valence-corrected chi connectivity index (χ1v) is 3.90. The van der Waals surface area contributed by atoms with Gasteiger partial charge in [-0.2, -0.15) is 0 Å². The number of hydrogen-bond donors (Lipinski definition) is 0. The molecule has 1 aromatic rings. The molecule has 1 aromatic heterocycles. The molecule has 11 heavy (non-hydrogen) atoms. The Kier molecular flexibility index (Phi) is 2.17. The lowest BCUT2D eigenvalue weighted by atomic mass is 10.3. The van der Waals surface area contributed by atoms with Gasteiger partial charge in [0.1, 0.15) is 0 Å². The maximum Gasteiger partial charge on any atom is 0.328 e. The second-order valence-corrected chi connectivity index (χ2v) is 2.86. The Bertz CT molecular complexity index is 285. The summed E-state index contributed by atoms with van der Waals surface area (Å²) in [5.74, 6) is 0. The predicted octanol–water partition coefficient (Wildman–Crippen LogP) is 1.16. The highest BCUT2D eigenvalue weighted by atomic mass is 16.1. The molecule has 0 radical (unpaired) electrons. The molecule has 0 amide bonds. The topological polar surface area (TPSA) is 26.9 Å². The molecule has 0 bridgehead atoms. The average Bonchev–Trinajstić information content (AvgIpc) is 2.32. The van der Waals surface area contributed by atoms with Gasteiger partial charge < -0.3 is 4.57 Å². The maximum absolute atomic E-state index is 11.3. The standard InChI is InChI=1S/C8H14N2O/c1-4-7(2)10-6-5-9(3)8(10)11/h5-7H,4H2,1-3H3. The van der Waals surface area contributed by atoms with Crippen LogP contribution in [0.4, 0.5) is 0 Å². The first kappa shape index (κ1) is 8.11. The SMILES string of the molecule is CCC(C)n1ccn(C)c1=O. The predicted molar refractivity (Wildman–Crippen MR) is 44.7 cm³/mol. The summed E-state index contributed by atoms with van der Waals surface area (Å²) in [5, 5.41) is 0. The normalized spacial score (nSPS) is 13.4. The molecule has 3 heteroatoms. The van der Waals surface area contributed by atoms with Gasteiger partial charge in [0.15, 0.2) is 0 Å². The maximum atomic E-state index is 11.3. The number of imidazole rings is 1. The van der Waals surface area contributed by atoms with Gasteiger partial charge in [0.2, 0.25) is 0 Å². The van der Waals surface area contributed by atoms with Crippen LogP contribution in [0, 0.1) is 0 Å². The minimum absolute atomic E-state index is 0.0688. The second kappa shape index (κ2) is 2.95. The zero-order valence-electron chi connectivity index (χ0n) is 7.24. The summed E-state index contributed by atoms with van der Waals surface area (Å²) in [5.41, 5.74) is 0.0688. The van der Waals surface area contributed by atoms with Crippen LogP contribution in [-0.4, -0.2) is 9.13 Å². The molecule has 1 unspecified atom stereocenters. The van der Waals surface area contributed by atoms with Crippen molar-refractivity contribution in [1.29, 1.82) is 0 Å². The molecule has 1 atom stereocenters. The van der Waals surface area contributed by atoms with Gasteiger partial charge in [-0.05, 0) is 13.3 Å². The fourth-order valence-electron chi connectivity index (χ4n) is 1.01. The van der Waals surface area contributed by atoms with Crippen molar-refractivity contribution in [3.8, 4) is 0 Å². The van der Waals surface area contributed by atoms with Crippen LogP contribution in [0.3, 0.4) is 0 Å². The Morgan fingerprint density at radius 3 is 2.55 bits per heavy atom. The van der Waals surface area contributed by atoms with Gasteiger partial charge in [-0.3, -0.25) is 4.57 Å². The smallest absolute Gasteiger partial charge is 0.302 e. The first-order valence-electron chi connectivity index (χ1n) is 3.90. The van der Waals surface area contributed by atoms with Gasteiger partial charge in [-0.25, -0.2) is 4.79 Å². The van der Waals surface area contributed by atoms with E-state index in [0.29, 0.717) is 6.04 Å². The van der Waals surface area contributed by atoms with Crippen LogP contribution in [-0.2, 0) is 7.05 Å². The summed E-state index contributed by atoms with van der Waals surface area (Å²) in [7, 11) is 1.77. The summed E-state index contributed by atoms with van der Waals surface area (Å²) in [6, 6.07) is 0.309. The quantitative estimate of drug-likeness (QED) is 0.628. The molecule has 0 fully saturated rings. The van der Waals surface area contributed by atoms with Crippen molar-refractivity contribution in [1.82, 2.24) is 9.13 Å². The fraction of sp³-hybridized carbons (Fsp3) is 0.625. The Balaban J connectivity index is 3.05. The number of nitrogens with zero attached hydrogens (tertiary/aromatic N) is 2. The third-order valence-corrected chi connectivity index (χ3v) is 2.04. The van der Waals surface area contributed by atoms with Crippen LogP contribution in [0.25, 0.3) is 0 Å². The monoisotopic (exact) mass is 154 g/mol. The Morgan fingerprint density at radius 2 is 2.18 bits per heavy atom. The Morgan fingerprint density at radius 1 is 1.55 bits per heavy atom. The number of aromatic nitrogens is 2. The minimum Gasteiger partial charge on any atom is -0.302 e. The summed E-state index contributed by atoms with van der Waals surface area (Å²) in [6.45, 7) is 4.12. The van der Waals surface area contributed by atoms with Crippen LogP contribution in [0.5, 0.6) is 0 Å². The largest absolute Gasteiger partial charge is 0.328 e. The summed E-state index contributed by atoms with van der Waals surface area (Å²) in [6.07, 6.45) is 4.61. The van der Waals surface area contributed by atoms with Crippen LogP contribution in [0.15, 0.2) is 17.2 Å². The third kappa shape index (κ3) is 1.37. The van der Waals surface area contributed by atoms with Crippen LogP contribution >= 0.6 is 0 Å². The molecule has 1 rings (SSSR count). The molecular formula is C8H14N2O.